The number of aromatic nitrogens is 1. The highest BCUT2D eigenvalue weighted by molar-refractivity contribution is 5.91. The van der Waals surface area contributed by atoms with Gasteiger partial charge in [0.2, 0.25) is 5.88 Å². The summed E-state index contributed by atoms with van der Waals surface area (Å²) < 4.78 is 35.0. The number of methoxy groups -OCH3 is 2. The Labute approximate surface area is 96.5 Å². The molecule has 0 aliphatic rings. The highest BCUT2D eigenvalue weighted by atomic mass is 19.3. The van der Waals surface area contributed by atoms with Crippen molar-refractivity contribution in [1.29, 1.82) is 0 Å². The summed E-state index contributed by atoms with van der Waals surface area (Å²) in [6.45, 7) is -0.221. The van der Waals surface area contributed by atoms with E-state index in [2.05, 4.69) is 9.72 Å². The molecule has 0 radical (unpaired) electrons. The van der Waals surface area contributed by atoms with Crippen LogP contribution in [0.1, 0.15) is 28.0 Å². The highest BCUT2D eigenvalue weighted by Gasteiger charge is 2.24. The van der Waals surface area contributed by atoms with Crippen LogP contribution in [0, 0.1) is 0 Å². The van der Waals surface area contributed by atoms with Gasteiger partial charge in [-0.2, -0.15) is 0 Å². The Morgan fingerprint density at radius 3 is 2.59 bits per heavy atom. The molecule has 0 aliphatic carbocycles. The van der Waals surface area contributed by atoms with E-state index in [4.69, 9.17) is 10.5 Å². The topological polar surface area (TPSA) is 74.4 Å². The molecule has 0 bridgehead atoms. The number of alkyl halides is 2. The van der Waals surface area contributed by atoms with E-state index >= 15 is 0 Å². The summed E-state index contributed by atoms with van der Waals surface area (Å²) in [5.41, 5.74) is 4.44. The van der Waals surface area contributed by atoms with E-state index in [-0.39, 0.29) is 23.7 Å². The molecule has 2 N–H and O–H groups in total. The Balaban J connectivity index is 3.46. The van der Waals surface area contributed by atoms with Crippen molar-refractivity contribution in [2.45, 2.75) is 13.0 Å². The summed E-state index contributed by atoms with van der Waals surface area (Å²) in [7, 11) is 2.42. The van der Waals surface area contributed by atoms with Gasteiger partial charge in [-0.25, -0.2) is 18.6 Å². The minimum Gasteiger partial charge on any atom is -0.481 e. The largest absolute Gasteiger partial charge is 0.481 e. The molecule has 1 aromatic heterocycles. The lowest BCUT2D eigenvalue weighted by atomic mass is 10.1. The molecule has 0 saturated carbocycles. The van der Waals surface area contributed by atoms with Crippen molar-refractivity contribution < 1.29 is 23.0 Å². The first kappa shape index (κ1) is 13.3. The summed E-state index contributed by atoms with van der Waals surface area (Å²) in [5, 5.41) is 0. The van der Waals surface area contributed by atoms with Crippen LogP contribution in [0.2, 0.25) is 0 Å². The highest BCUT2D eigenvalue weighted by Crippen LogP contribution is 2.28. The van der Waals surface area contributed by atoms with Gasteiger partial charge in [-0.05, 0) is 0 Å². The molecular weight excluding hydrogens is 234 g/mol. The third-order valence-electron chi connectivity index (χ3n) is 2.14. The second-order valence-corrected chi connectivity index (χ2v) is 3.07. The van der Waals surface area contributed by atoms with Gasteiger partial charge < -0.3 is 15.2 Å². The lowest BCUT2D eigenvalue weighted by molar-refractivity contribution is 0.0587. The van der Waals surface area contributed by atoms with Crippen LogP contribution in [-0.2, 0) is 11.3 Å². The summed E-state index contributed by atoms with van der Waals surface area (Å²) in [5.74, 6) is -0.842. The van der Waals surface area contributed by atoms with E-state index in [1.54, 1.807) is 0 Å². The number of nitrogens with two attached hydrogens (primary N) is 1. The lowest BCUT2D eigenvalue weighted by Crippen LogP contribution is -2.14. The maximum absolute atomic E-state index is 12.9. The van der Waals surface area contributed by atoms with Crippen molar-refractivity contribution >= 4 is 5.97 Å². The Hall–Kier alpha value is -1.76. The zero-order valence-electron chi connectivity index (χ0n) is 9.37. The van der Waals surface area contributed by atoms with Crippen molar-refractivity contribution in [2.75, 3.05) is 14.2 Å². The van der Waals surface area contributed by atoms with Crippen LogP contribution in [0.3, 0.4) is 0 Å². The van der Waals surface area contributed by atoms with Crippen molar-refractivity contribution in [3.05, 3.63) is 22.9 Å². The van der Waals surface area contributed by atoms with Crippen LogP contribution < -0.4 is 10.5 Å². The van der Waals surface area contributed by atoms with Crippen LogP contribution in [0.5, 0.6) is 5.88 Å². The van der Waals surface area contributed by atoms with Crippen molar-refractivity contribution in [3.8, 4) is 5.88 Å². The van der Waals surface area contributed by atoms with Crippen LogP contribution in [0.25, 0.3) is 0 Å². The van der Waals surface area contributed by atoms with E-state index in [0.29, 0.717) is 0 Å². The van der Waals surface area contributed by atoms with Crippen LogP contribution in [0.15, 0.2) is 6.07 Å². The number of nitrogens with zero attached hydrogens (tertiary/aromatic N) is 1. The molecule has 5 nitrogen and oxygen atoms in total. The monoisotopic (exact) mass is 246 g/mol. The molecule has 0 unspecified atom stereocenters. The molecule has 7 heteroatoms. The molecule has 0 aromatic carbocycles. The minimum absolute atomic E-state index is 0.0373. The summed E-state index contributed by atoms with van der Waals surface area (Å²) in [6, 6.07) is 1.10. The van der Waals surface area contributed by atoms with Crippen molar-refractivity contribution in [3.63, 3.8) is 0 Å². The molecule has 0 amide bonds. The molecule has 0 atom stereocenters. The first-order valence-electron chi connectivity index (χ1n) is 4.69. The SMILES string of the molecule is COC(=O)c1cc(OC)nc(CN)c1C(F)F. The molecule has 1 aromatic rings. The van der Waals surface area contributed by atoms with E-state index in [9.17, 15) is 13.6 Å². The average Bonchev–Trinajstić information content (AvgIpc) is 2.35. The van der Waals surface area contributed by atoms with Gasteiger partial charge in [0.25, 0.3) is 6.43 Å². The second kappa shape index (κ2) is 5.53. The van der Waals surface area contributed by atoms with Crippen molar-refractivity contribution in [2.24, 2.45) is 5.73 Å². The number of rotatable bonds is 4. The Morgan fingerprint density at radius 1 is 1.53 bits per heavy atom. The van der Waals surface area contributed by atoms with Gasteiger partial charge in [0.05, 0.1) is 31.0 Å². The molecule has 0 saturated heterocycles. The molecular formula is C10H12F2N2O3. The molecule has 0 fully saturated rings. The molecule has 0 spiro atoms. The van der Waals surface area contributed by atoms with Gasteiger partial charge in [-0.15, -0.1) is 0 Å². The zero-order chi connectivity index (χ0) is 13.0. The number of carbonyl (C=O) groups is 1. The van der Waals surface area contributed by atoms with Crippen LogP contribution in [-0.4, -0.2) is 25.2 Å². The summed E-state index contributed by atoms with van der Waals surface area (Å²) in [4.78, 5) is 15.2. The third kappa shape index (κ3) is 2.68. The standard InChI is InChI=1S/C10H12F2N2O3/c1-16-7-3-5(10(15)17-2)8(9(11)12)6(4-13)14-7/h3,9H,4,13H2,1-2H3. The smallest absolute Gasteiger partial charge is 0.338 e. The van der Waals surface area contributed by atoms with Gasteiger partial charge in [-0.1, -0.05) is 0 Å². The predicted octanol–water partition coefficient (Wildman–Crippen LogP) is 1.27. The summed E-state index contributed by atoms with van der Waals surface area (Å²) >= 11 is 0. The molecule has 0 aliphatic heterocycles. The number of hydrogen-bond donors (Lipinski definition) is 1. The fourth-order valence-electron chi connectivity index (χ4n) is 1.36. The number of pyridine rings is 1. The van der Waals surface area contributed by atoms with Crippen molar-refractivity contribution in [1.82, 2.24) is 4.98 Å². The van der Waals surface area contributed by atoms with Gasteiger partial charge in [0.15, 0.2) is 0 Å². The minimum atomic E-state index is -2.86. The number of esters is 1. The van der Waals surface area contributed by atoms with Gasteiger partial charge in [-0.3, -0.25) is 0 Å². The normalized spacial score (nSPS) is 10.5. The number of carbonyl (C=O) groups excluding carboxylic acids is 1. The molecule has 1 heterocycles. The van der Waals surface area contributed by atoms with Gasteiger partial charge >= 0.3 is 5.97 Å². The zero-order valence-corrected chi connectivity index (χ0v) is 9.37. The fraction of sp³-hybridized carbons (Fsp3) is 0.400. The quantitative estimate of drug-likeness (QED) is 0.810. The Kier molecular flexibility index (Phi) is 4.33. The summed E-state index contributed by atoms with van der Waals surface area (Å²) in [6.07, 6.45) is -2.86. The second-order valence-electron chi connectivity index (χ2n) is 3.07. The first-order chi connectivity index (χ1) is 8.04. The predicted molar refractivity (Wildman–Crippen MR) is 55.0 cm³/mol. The average molecular weight is 246 g/mol. The molecule has 94 valence electrons. The van der Waals surface area contributed by atoms with E-state index < -0.39 is 18.0 Å². The van der Waals surface area contributed by atoms with Gasteiger partial charge in [0, 0.05) is 12.6 Å². The maximum Gasteiger partial charge on any atom is 0.338 e. The van der Waals surface area contributed by atoms with Crippen LogP contribution >= 0.6 is 0 Å². The molecule has 17 heavy (non-hydrogen) atoms. The number of hydrogen-bond acceptors (Lipinski definition) is 5. The fourth-order valence-corrected chi connectivity index (χ4v) is 1.36. The number of halogens is 2. The first-order valence-corrected chi connectivity index (χ1v) is 4.69. The Bertz CT molecular complexity index is 424. The van der Waals surface area contributed by atoms with E-state index in [1.807, 2.05) is 0 Å². The maximum atomic E-state index is 12.9. The van der Waals surface area contributed by atoms with Gasteiger partial charge in [0.1, 0.15) is 0 Å². The third-order valence-corrected chi connectivity index (χ3v) is 2.14. The van der Waals surface area contributed by atoms with E-state index in [0.717, 1.165) is 13.2 Å². The van der Waals surface area contributed by atoms with E-state index in [1.165, 1.54) is 7.11 Å². The lowest BCUT2D eigenvalue weighted by Gasteiger charge is -2.12. The molecule has 1 rings (SSSR count). The van der Waals surface area contributed by atoms with Crippen LogP contribution in [0.4, 0.5) is 8.78 Å². The number of ether oxygens (including phenoxy) is 2. The Morgan fingerprint density at radius 2 is 2.18 bits per heavy atom.